The van der Waals surface area contributed by atoms with Crippen LogP contribution in [0.4, 0.5) is 0 Å². The quantitative estimate of drug-likeness (QED) is 0.292. The molecule has 1 heterocycles. The van der Waals surface area contributed by atoms with E-state index in [1.54, 1.807) is 5.51 Å². The van der Waals surface area contributed by atoms with Gasteiger partial charge in [-0.15, -0.1) is 17.8 Å². The lowest BCUT2D eigenvalue weighted by Gasteiger charge is -1.86. The zero-order valence-corrected chi connectivity index (χ0v) is 6.54. The molecule has 0 spiro atoms. The van der Waals surface area contributed by atoms with Crippen LogP contribution >= 0.6 is 11.3 Å². The van der Waals surface area contributed by atoms with E-state index >= 15 is 0 Å². The van der Waals surface area contributed by atoms with Gasteiger partial charge in [-0.05, 0) is 0 Å². The van der Waals surface area contributed by atoms with Crippen LogP contribution in [0.2, 0.25) is 0 Å². The Balaban J connectivity index is 2.32. The van der Waals surface area contributed by atoms with Gasteiger partial charge in [0.2, 0.25) is 0 Å². The monoisotopic (exact) mass is 166 g/mol. The van der Waals surface area contributed by atoms with Crippen molar-refractivity contribution in [2.24, 2.45) is 5.16 Å². The third kappa shape index (κ3) is 2.83. The molecule has 0 fully saturated rings. The molecule has 0 saturated heterocycles. The predicted molar refractivity (Wildman–Crippen MR) is 44.5 cm³/mol. The Morgan fingerprint density at radius 1 is 1.91 bits per heavy atom. The summed E-state index contributed by atoms with van der Waals surface area (Å²) < 4.78 is 0. The molecule has 1 rings (SSSR count). The molecule has 0 aliphatic carbocycles. The average molecular weight is 166 g/mol. The highest BCUT2D eigenvalue weighted by molar-refractivity contribution is 7.07. The first-order chi connectivity index (χ1) is 5.43. The van der Waals surface area contributed by atoms with Crippen LogP contribution in [-0.2, 0) is 4.84 Å². The minimum Gasteiger partial charge on any atom is -0.383 e. The van der Waals surface area contributed by atoms with Gasteiger partial charge >= 0.3 is 0 Å². The summed E-state index contributed by atoms with van der Waals surface area (Å²) >= 11 is 1.51. The molecule has 0 saturated carbocycles. The number of nitrogens with zero attached hydrogens (tertiary/aromatic N) is 2. The largest absolute Gasteiger partial charge is 0.383 e. The van der Waals surface area contributed by atoms with Gasteiger partial charge < -0.3 is 4.84 Å². The van der Waals surface area contributed by atoms with Gasteiger partial charge in [-0.25, -0.2) is 4.98 Å². The Hall–Kier alpha value is -1.34. The number of hydrogen-bond acceptors (Lipinski definition) is 4. The van der Waals surface area contributed by atoms with Gasteiger partial charge in [0.15, 0.2) is 6.61 Å². The van der Waals surface area contributed by atoms with E-state index in [1.807, 2.05) is 5.38 Å². The summed E-state index contributed by atoms with van der Waals surface area (Å²) in [4.78, 5) is 8.61. The Morgan fingerprint density at radius 2 is 2.82 bits per heavy atom. The predicted octanol–water partition coefficient (Wildman–Crippen LogP) is 1.13. The first-order valence-corrected chi connectivity index (χ1v) is 3.85. The van der Waals surface area contributed by atoms with Gasteiger partial charge in [-0.3, -0.25) is 0 Å². The summed E-state index contributed by atoms with van der Waals surface area (Å²) in [6.45, 7) is 0.195. The molecule has 3 nitrogen and oxygen atoms in total. The molecule has 0 amide bonds. The van der Waals surface area contributed by atoms with E-state index in [-0.39, 0.29) is 6.61 Å². The second kappa shape index (κ2) is 4.47. The van der Waals surface area contributed by atoms with Crippen molar-refractivity contribution < 1.29 is 4.84 Å². The fraction of sp³-hybridized carbons (Fsp3) is 0.143. The molecular formula is C7H6N2OS. The van der Waals surface area contributed by atoms with E-state index in [0.29, 0.717) is 0 Å². The van der Waals surface area contributed by atoms with Crippen LogP contribution in [0.15, 0.2) is 16.0 Å². The number of thiazole rings is 1. The van der Waals surface area contributed by atoms with Crippen molar-refractivity contribution in [2.45, 2.75) is 0 Å². The van der Waals surface area contributed by atoms with E-state index in [1.165, 1.54) is 17.6 Å². The first-order valence-electron chi connectivity index (χ1n) is 2.90. The van der Waals surface area contributed by atoms with Crippen molar-refractivity contribution >= 4 is 17.6 Å². The smallest absolute Gasteiger partial charge is 0.177 e. The van der Waals surface area contributed by atoms with Gasteiger partial charge in [0.1, 0.15) is 0 Å². The first kappa shape index (κ1) is 7.76. The lowest BCUT2D eigenvalue weighted by atomic mass is 10.6. The van der Waals surface area contributed by atoms with Crippen LogP contribution in [0.25, 0.3) is 0 Å². The zero-order valence-electron chi connectivity index (χ0n) is 5.73. The Morgan fingerprint density at radius 3 is 3.45 bits per heavy atom. The molecule has 56 valence electrons. The van der Waals surface area contributed by atoms with Gasteiger partial charge in [0.25, 0.3) is 0 Å². The van der Waals surface area contributed by atoms with Crippen LogP contribution in [0.3, 0.4) is 0 Å². The molecule has 4 heteroatoms. The average Bonchev–Trinajstić information content (AvgIpc) is 2.50. The van der Waals surface area contributed by atoms with E-state index in [0.717, 1.165) is 5.69 Å². The highest BCUT2D eigenvalue weighted by Gasteiger charge is 1.86. The normalized spacial score (nSPS) is 9.73. The Kier molecular flexibility index (Phi) is 3.16. The summed E-state index contributed by atoms with van der Waals surface area (Å²) in [5.74, 6) is 2.29. The number of rotatable bonds is 3. The molecule has 0 atom stereocenters. The van der Waals surface area contributed by atoms with Crippen LogP contribution in [0.5, 0.6) is 0 Å². The van der Waals surface area contributed by atoms with E-state index < -0.39 is 0 Å². The lowest BCUT2D eigenvalue weighted by molar-refractivity contribution is 0.181. The van der Waals surface area contributed by atoms with E-state index in [9.17, 15) is 0 Å². The highest BCUT2D eigenvalue weighted by Crippen LogP contribution is 1.96. The maximum Gasteiger partial charge on any atom is 0.177 e. The molecule has 1 aromatic rings. The van der Waals surface area contributed by atoms with Gasteiger partial charge in [-0.1, -0.05) is 11.1 Å². The van der Waals surface area contributed by atoms with Crippen molar-refractivity contribution in [2.75, 3.05) is 6.61 Å². The summed E-state index contributed by atoms with van der Waals surface area (Å²) in [5, 5.41) is 5.44. The van der Waals surface area contributed by atoms with Crippen molar-refractivity contribution in [3.8, 4) is 12.3 Å². The highest BCUT2D eigenvalue weighted by atomic mass is 32.1. The van der Waals surface area contributed by atoms with Gasteiger partial charge in [0.05, 0.1) is 17.4 Å². The summed E-state index contributed by atoms with van der Waals surface area (Å²) in [5.41, 5.74) is 2.51. The third-order valence-electron chi connectivity index (χ3n) is 0.859. The maximum absolute atomic E-state index is 4.93. The van der Waals surface area contributed by atoms with E-state index in [4.69, 9.17) is 6.42 Å². The molecular weight excluding hydrogens is 160 g/mol. The van der Waals surface area contributed by atoms with Crippen LogP contribution in [-0.4, -0.2) is 17.8 Å². The molecule has 11 heavy (non-hydrogen) atoms. The van der Waals surface area contributed by atoms with Crippen molar-refractivity contribution in [1.82, 2.24) is 4.98 Å². The van der Waals surface area contributed by atoms with E-state index in [2.05, 4.69) is 20.9 Å². The third-order valence-corrected chi connectivity index (χ3v) is 1.46. The molecule has 0 aromatic carbocycles. The summed E-state index contributed by atoms with van der Waals surface area (Å²) in [7, 11) is 0. The fourth-order valence-electron chi connectivity index (χ4n) is 0.451. The molecule has 0 bridgehead atoms. The minimum atomic E-state index is 0.195. The lowest BCUT2D eigenvalue weighted by Crippen LogP contribution is -1.84. The van der Waals surface area contributed by atoms with Crippen molar-refractivity contribution in [3.05, 3.63) is 16.6 Å². The molecule has 0 radical (unpaired) electrons. The van der Waals surface area contributed by atoms with Crippen LogP contribution in [0.1, 0.15) is 5.69 Å². The molecule has 0 unspecified atom stereocenters. The SMILES string of the molecule is C#CCO/N=C/c1cscn1. The molecule has 0 aliphatic heterocycles. The standard InChI is InChI=1S/C7H6N2OS/c1-2-3-10-9-4-7-5-11-6-8-7/h1,4-6H,3H2/b9-4+. The second-order valence-corrected chi connectivity index (χ2v) is 2.34. The fourth-order valence-corrected chi connectivity index (χ4v) is 0.956. The van der Waals surface area contributed by atoms with Crippen molar-refractivity contribution in [1.29, 1.82) is 0 Å². The maximum atomic E-state index is 4.93. The summed E-state index contributed by atoms with van der Waals surface area (Å²) in [6.07, 6.45) is 6.45. The van der Waals surface area contributed by atoms with Crippen LogP contribution < -0.4 is 0 Å². The summed E-state index contributed by atoms with van der Waals surface area (Å²) in [6, 6.07) is 0. The molecule has 1 aromatic heterocycles. The Bertz CT molecular complexity index is 260. The topological polar surface area (TPSA) is 34.5 Å². The number of oxime groups is 1. The second-order valence-electron chi connectivity index (χ2n) is 1.63. The Labute approximate surface area is 68.7 Å². The molecule has 0 N–H and O–H groups in total. The molecule has 0 aliphatic rings. The van der Waals surface area contributed by atoms with Gasteiger partial charge in [-0.2, -0.15) is 0 Å². The van der Waals surface area contributed by atoms with Crippen LogP contribution in [0, 0.1) is 12.3 Å². The number of terminal acetylenes is 1. The zero-order chi connectivity index (χ0) is 7.94. The minimum absolute atomic E-state index is 0.195. The van der Waals surface area contributed by atoms with Gasteiger partial charge in [0, 0.05) is 5.38 Å². The number of aromatic nitrogens is 1. The van der Waals surface area contributed by atoms with Crippen molar-refractivity contribution in [3.63, 3.8) is 0 Å². The number of hydrogen-bond donors (Lipinski definition) is 0.